The maximum atomic E-state index is 9.02. The molecule has 2 N–H and O–H groups in total. The zero-order chi connectivity index (χ0) is 12.3. The summed E-state index contributed by atoms with van der Waals surface area (Å²) in [7, 11) is 0. The van der Waals surface area contributed by atoms with Crippen molar-refractivity contribution in [2.45, 2.75) is 6.92 Å². The number of nitriles is 1. The average molecular weight is 224 g/mol. The first kappa shape index (κ1) is 11.0. The summed E-state index contributed by atoms with van der Waals surface area (Å²) in [5, 5.41) is 9.02. The molecule has 3 nitrogen and oxygen atoms in total. The fraction of sp³-hybridized carbons (Fsp3) is 0.0714. The number of aryl methyl sites for hydroxylation is 1. The number of anilines is 1. The van der Waals surface area contributed by atoms with Crippen LogP contribution in [0, 0.1) is 18.3 Å². The molecule has 0 saturated carbocycles. The molecule has 0 atom stereocenters. The van der Waals surface area contributed by atoms with Crippen LogP contribution >= 0.6 is 0 Å². The summed E-state index contributed by atoms with van der Waals surface area (Å²) >= 11 is 0. The lowest BCUT2D eigenvalue weighted by Crippen LogP contribution is -1.90. The fourth-order valence-corrected chi connectivity index (χ4v) is 1.48. The Bertz CT molecular complexity index is 568. The predicted molar refractivity (Wildman–Crippen MR) is 66.8 cm³/mol. The number of benzene rings is 2. The van der Waals surface area contributed by atoms with Crippen molar-refractivity contribution in [1.29, 1.82) is 5.26 Å². The van der Waals surface area contributed by atoms with Crippen molar-refractivity contribution in [3.8, 4) is 17.6 Å². The highest BCUT2D eigenvalue weighted by Crippen LogP contribution is 2.26. The van der Waals surface area contributed by atoms with Crippen LogP contribution in [-0.2, 0) is 0 Å². The molecule has 0 bridgehead atoms. The van der Waals surface area contributed by atoms with Crippen molar-refractivity contribution >= 4 is 5.69 Å². The molecule has 84 valence electrons. The van der Waals surface area contributed by atoms with E-state index in [0.717, 1.165) is 5.56 Å². The summed E-state index contributed by atoms with van der Waals surface area (Å²) in [6, 6.07) is 14.7. The highest BCUT2D eigenvalue weighted by Gasteiger charge is 2.04. The molecule has 3 heteroatoms. The second-order valence-corrected chi connectivity index (χ2v) is 3.78. The van der Waals surface area contributed by atoms with E-state index in [-0.39, 0.29) is 0 Å². The molecular formula is C14H12N2O. The molecule has 2 rings (SSSR count). The molecule has 0 aliphatic carbocycles. The Morgan fingerprint density at radius 3 is 2.47 bits per heavy atom. The number of nitrogens with zero attached hydrogens (tertiary/aromatic N) is 1. The van der Waals surface area contributed by atoms with E-state index in [2.05, 4.69) is 6.07 Å². The van der Waals surface area contributed by atoms with E-state index < -0.39 is 0 Å². The summed E-state index contributed by atoms with van der Waals surface area (Å²) in [6.45, 7) is 1.94. The highest BCUT2D eigenvalue weighted by molar-refractivity contribution is 5.48. The summed E-state index contributed by atoms with van der Waals surface area (Å²) in [5.74, 6) is 1.22. The normalized spacial score (nSPS) is 9.65. The molecule has 0 amide bonds. The van der Waals surface area contributed by atoms with Crippen molar-refractivity contribution in [2.24, 2.45) is 0 Å². The van der Waals surface area contributed by atoms with E-state index >= 15 is 0 Å². The van der Waals surface area contributed by atoms with E-state index in [4.69, 9.17) is 15.7 Å². The second-order valence-electron chi connectivity index (χ2n) is 3.78. The quantitative estimate of drug-likeness (QED) is 0.796. The molecule has 0 radical (unpaired) electrons. The lowest BCUT2D eigenvalue weighted by molar-refractivity contribution is 0.481. The number of nitrogen functional groups attached to an aromatic ring is 1. The molecule has 2 aromatic carbocycles. The summed E-state index contributed by atoms with van der Waals surface area (Å²) < 4.78 is 5.63. The minimum absolute atomic E-state index is 0.529. The molecule has 0 aromatic heterocycles. The molecular weight excluding hydrogens is 212 g/mol. The van der Waals surface area contributed by atoms with Gasteiger partial charge in [-0.3, -0.25) is 0 Å². The van der Waals surface area contributed by atoms with Crippen LogP contribution in [0.25, 0.3) is 0 Å². The molecule has 17 heavy (non-hydrogen) atoms. The van der Waals surface area contributed by atoms with Crippen LogP contribution in [0.5, 0.6) is 11.5 Å². The zero-order valence-corrected chi connectivity index (χ0v) is 9.47. The molecule has 2 aromatic rings. The predicted octanol–water partition coefficient (Wildman–Crippen LogP) is 3.24. The largest absolute Gasteiger partial charge is 0.456 e. The summed E-state index contributed by atoms with van der Waals surface area (Å²) in [4.78, 5) is 0. The van der Waals surface area contributed by atoms with Gasteiger partial charge in [-0.1, -0.05) is 6.07 Å². The third kappa shape index (κ3) is 2.56. The van der Waals surface area contributed by atoms with Crippen molar-refractivity contribution < 1.29 is 4.74 Å². The molecule has 0 unspecified atom stereocenters. The van der Waals surface area contributed by atoms with Crippen molar-refractivity contribution in [2.75, 3.05) is 5.73 Å². The van der Waals surface area contributed by atoms with Gasteiger partial charge in [-0.2, -0.15) is 5.26 Å². The molecule has 0 spiro atoms. The van der Waals surface area contributed by atoms with Gasteiger partial charge in [0, 0.05) is 5.69 Å². The number of hydrogen-bond acceptors (Lipinski definition) is 3. The standard InChI is InChI=1S/C14H12N2O/c1-10-2-7-14(11(8-10)9-15)17-13-5-3-12(16)4-6-13/h2-8H,16H2,1H3. The van der Waals surface area contributed by atoms with Crippen molar-refractivity contribution in [3.63, 3.8) is 0 Å². The lowest BCUT2D eigenvalue weighted by atomic mass is 10.1. The van der Waals surface area contributed by atoms with Gasteiger partial charge in [0.1, 0.15) is 17.6 Å². The molecule has 0 saturated heterocycles. The topological polar surface area (TPSA) is 59.0 Å². The monoisotopic (exact) mass is 224 g/mol. The Kier molecular flexibility index (Phi) is 2.97. The Balaban J connectivity index is 2.30. The average Bonchev–Trinajstić information content (AvgIpc) is 2.34. The minimum Gasteiger partial charge on any atom is -0.456 e. The van der Waals surface area contributed by atoms with Gasteiger partial charge >= 0.3 is 0 Å². The first-order valence-corrected chi connectivity index (χ1v) is 5.23. The van der Waals surface area contributed by atoms with Gasteiger partial charge in [0.05, 0.1) is 5.56 Å². The number of hydrogen-bond donors (Lipinski definition) is 1. The molecule has 0 aliphatic rings. The number of rotatable bonds is 2. The zero-order valence-electron chi connectivity index (χ0n) is 9.47. The number of nitrogens with two attached hydrogens (primary N) is 1. The minimum atomic E-state index is 0.529. The third-order valence-electron chi connectivity index (χ3n) is 2.36. The highest BCUT2D eigenvalue weighted by atomic mass is 16.5. The van der Waals surface area contributed by atoms with Crippen LogP contribution in [0.2, 0.25) is 0 Å². The Morgan fingerprint density at radius 2 is 1.82 bits per heavy atom. The Morgan fingerprint density at radius 1 is 1.12 bits per heavy atom. The van der Waals surface area contributed by atoms with Crippen LogP contribution in [0.3, 0.4) is 0 Å². The van der Waals surface area contributed by atoms with Gasteiger partial charge in [-0.25, -0.2) is 0 Å². The number of ether oxygens (including phenoxy) is 1. The van der Waals surface area contributed by atoms with Crippen LogP contribution in [-0.4, -0.2) is 0 Å². The van der Waals surface area contributed by atoms with Crippen LogP contribution in [0.4, 0.5) is 5.69 Å². The second kappa shape index (κ2) is 4.58. The van der Waals surface area contributed by atoms with E-state index in [1.807, 2.05) is 13.0 Å². The van der Waals surface area contributed by atoms with E-state index in [0.29, 0.717) is 22.7 Å². The molecule has 0 heterocycles. The lowest BCUT2D eigenvalue weighted by Gasteiger charge is -2.08. The van der Waals surface area contributed by atoms with Gasteiger partial charge in [-0.05, 0) is 48.9 Å². The van der Waals surface area contributed by atoms with Crippen LogP contribution < -0.4 is 10.5 Å². The summed E-state index contributed by atoms with van der Waals surface area (Å²) in [5.41, 5.74) is 7.83. The third-order valence-corrected chi connectivity index (χ3v) is 2.36. The van der Waals surface area contributed by atoms with Crippen LogP contribution in [0.15, 0.2) is 42.5 Å². The first-order valence-electron chi connectivity index (χ1n) is 5.23. The Labute approximate surface area is 100 Å². The van der Waals surface area contributed by atoms with E-state index in [1.165, 1.54) is 0 Å². The first-order chi connectivity index (χ1) is 8.19. The summed E-state index contributed by atoms with van der Waals surface area (Å²) in [6.07, 6.45) is 0. The molecule has 0 fully saturated rings. The van der Waals surface area contributed by atoms with Gasteiger partial charge in [0.15, 0.2) is 0 Å². The van der Waals surface area contributed by atoms with Gasteiger partial charge < -0.3 is 10.5 Å². The van der Waals surface area contributed by atoms with E-state index in [1.54, 1.807) is 36.4 Å². The van der Waals surface area contributed by atoms with Gasteiger partial charge in [0.25, 0.3) is 0 Å². The van der Waals surface area contributed by atoms with Crippen LogP contribution in [0.1, 0.15) is 11.1 Å². The van der Waals surface area contributed by atoms with Gasteiger partial charge in [0.2, 0.25) is 0 Å². The van der Waals surface area contributed by atoms with Gasteiger partial charge in [-0.15, -0.1) is 0 Å². The fourth-order valence-electron chi connectivity index (χ4n) is 1.48. The SMILES string of the molecule is Cc1ccc(Oc2ccc(N)cc2)c(C#N)c1. The maximum Gasteiger partial charge on any atom is 0.145 e. The molecule has 0 aliphatic heterocycles. The smallest absolute Gasteiger partial charge is 0.145 e. The maximum absolute atomic E-state index is 9.02. The Hall–Kier alpha value is -2.47. The van der Waals surface area contributed by atoms with E-state index in [9.17, 15) is 0 Å². The van der Waals surface area contributed by atoms with Crippen molar-refractivity contribution in [3.05, 3.63) is 53.6 Å². The van der Waals surface area contributed by atoms with Crippen molar-refractivity contribution in [1.82, 2.24) is 0 Å².